The van der Waals surface area contributed by atoms with Gasteiger partial charge in [0.15, 0.2) is 11.4 Å². The minimum absolute atomic E-state index is 0.278. The molecule has 0 aliphatic carbocycles. The number of carboxylic acids is 1. The average Bonchev–Trinajstić information content (AvgIpc) is 2.83. The Bertz CT molecular complexity index is 1190. The molecule has 29 heavy (non-hydrogen) atoms. The number of hydrogen-bond donors (Lipinski definition) is 3. The molecule has 2 aromatic carbocycles. The van der Waals surface area contributed by atoms with Gasteiger partial charge in [-0.05, 0) is 17.2 Å². The monoisotopic (exact) mass is 432 g/mol. The van der Waals surface area contributed by atoms with E-state index in [-0.39, 0.29) is 6.61 Å². The van der Waals surface area contributed by atoms with Crippen molar-refractivity contribution in [2.75, 3.05) is 5.43 Å². The van der Waals surface area contributed by atoms with Gasteiger partial charge in [-0.1, -0.05) is 47.5 Å². The summed E-state index contributed by atoms with van der Waals surface area (Å²) in [4.78, 5) is 23.4. The predicted octanol–water partition coefficient (Wildman–Crippen LogP) is 3.78. The number of hydrogen-bond acceptors (Lipinski definition) is 5. The number of carbonyl (C=O) groups is 1. The summed E-state index contributed by atoms with van der Waals surface area (Å²) in [5, 5.41) is 20.1. The van der Waals surface area contributed by atoms with Crippen molar-refractivity contribution in [2.24, 2.45) is 0 Å². The molecule has 1 unspecified atom stereocenters. The van der Waals surface area contributed by atoms with Crippen LogP contribution in [-0.2, 0) is 6.61 Å². The summed E-state index contributed by atoms with van der Waals surface area (Å²) in [6.45, 7) is 0.278. The lowest BCUT2D eigenvalue weighted by atomic mass is 9.95. The number of pyridine rings is 1. The number of nitrogens with zero attached hydrogens (tertiary/aromatic N) is 1. The van der Waals surface area contributed by atoms with E-state index in [1.165, 1.54) is 6.20 Å². The molecular weight excluding hydrogens is 419 g/mol. The van der Waals surface area contributed by atoms with Crippen LogP contribution in [0.5, 0.6) is 11.5 Å². The molecule has 1 atom stereocenters. The molecule has 148 valence electrons. The maximum atomic E-state index is 11.7. The third-order valence-electron chi connectivity index (χ3n) is 4.66. The molecular formula is C20H14Cl2N2O5. The molecule has 0 saturated heterocycles. The largest absolute Gasteiger partial charge is 0.502 e. The lowest BCUT2D eigenvalue weighted by molar-refractivity contribution is 0.0681. The topological polar surface area (TPSA) is 101 Å². The highest BCUT2D eigenvalue weighted by atomic mass is 35.5. The zero-order valence-corrected chi connectivity index (χ0v) is 16.2. The summed E-state index contributed by atoms with van der Waals surface area (Å²) in [7, 11) is 0. The van der Waals surface area contributed by atoms with Gasteiger partial charge >= 0.3 is 5.97 Å². The van der Waals surface area contributed by atoms with Gasteiger partial charge in [-0.25, -0.2) is 4.79 Å². The van der Waals surface area contributed by atoms with E-state index < -0.39 is 28.9 Å². The van der Waals surface area contributed by atoms with Gasteiger partial charge < -0.3 is 20.4 Å². The molecule has 4 rings (SSSR count). The number of benzene rings is 2. The lowest BCUT2D eigenvalue weighted by Crippen LogP contribution is -2.28. The average molecular weight is 433 g/mol. The zero-order valence-electron chi connectivity index (χ0n) is 14.7. The van der Waals surface area contributed by atoms with Crippen LogP contribution in [0.25, 0.3) is 0 Å². The Kier molecular flexibility index (Phi) is 4.86. The number of rotatable bonds is 3. The van der Waals surface area contributed by atoms with Gasteiger partial charge in [-0.2, -0.15) is 0 Å². The smallest absolute Gasteiger partial charge is 0.358 e. The molecule has 0 radical (unpaired) electrons. The Hall–Kier alpha value is -3.16. The number of fused-ring (bicyclic) bond motifs is 2. The molecule has 0 fully saturated rings. The van der Waals surface area contributed by atoms with Gasteiger partial charge in [0.2, 0.25) is 5.43 Å². The number of aromatic hydroxyl groups is 1. The molecule has 1 aliphatic rings. The SMILES string of the molecule is O=C(O)c1c(O)c(=O)ccn1NC1c2ccccc2COc2cc(Cl)c(Cl)cc21. The minimum Gasteiger partial charge on any atom is -0.502 e. The summed E-state index contributed by atoms with van der Waals surface area (Å²) >= 11 is 12.4. The molecule has 3 N–H and O–H groups in total. The van der Waals surface area contributed by atoms with E-state index >= 15 is 0 Å². The van der Waals surface area contributed by atoms with E-state index in [0.717, 1.165) is 21.9 Å². The molecule has 0 spiro atoms. The number of nitrogens with one attached hydrogen (secondary N) is 1. The first-order valence-corrected chi connectivity index (χ1v) is 9.26. The summed E-state index contributed by atoms with van der Waals surface area (Å²) in [5.74, 6) is -1.84. The van der Waals surface area contributed by atoms with Gasteiger partial charge in [0.05, 0.1) is 16.1 Å². The third-order valence-corrected chi connectivity index (χ3v) is 5.38. The van der Waals surface area contributed by atoms with Crippen molar-refractivity contribution in [3.63, 3.8) is 0 Å². The molecule has 1 aliphatic heterocycles. The van der Waals surface area contributed by atoms with Crippen molar-refractivity contribution >= 4 is 29.2 Å². The molecule has 0 amide bonds. The van der Waals surface area contributed by atoms with Gasteiger partial charge in [0, 0.05) is 23.9 Å². The first kappa shape index (κ1) is 19.2. The molecule has 0 saturated carbocycles. The third kappa shape index (κ3) is 3.39. The van der Waals surface area contributed by atoms with Crippen LogP contribution >= 0.6 is 23.2 Å². The second-order valence-electron chi connectivity index (χ2n) is 6.41. The Morgan fingerprint density at radius 2 is 1.86 bits per heavy atom. The standard InChI is InChI=1S/C20H14Cl2N2O5/c21-13-7-12-16(8-14(13)22)29-9-10-3-1-2-4-11(10)17(12)23-24-6-5-15(25)19(26)18(24)20(27)28/h1-8,17,23,26H,9H2,(H,27,28). The Morgan fingerprint density at radius 3 is 2.62 bits per heavy atom. The van der Waals surface area contributed by atoms with Gasteiger partial charge in [0.25, 0.3) is 0 Å². The molecule has 3 aromatic rings. The highest BCUT2D eigenvalue weighted by Gasteiger charge is 2.28. The number of carboxylic acid groups (broad SMARTS) is 1. The van der Waals surface area contributed by atoms with Crippen molar-refractivity contribution in [3.05, 3.63) is 91.3 Å². The van der Waals surface area contributed by atoms with Gasteiger partial charge in [-0.15, -0.1) is 0 Å². The number of halogens is 2. The van der Waals surface area contributed by atoms with E-state index in [4.69, 9.17) is 27.9 Å². The summed E-state index contributed by atoms with van der Waals surface area (Å²) in [5.41, 5.74) is 3.99. The van der Waals surface area contributed by atoms with E-state index in [0.29, 0.717) is 21.4 Å². The fourth-order valence-electron chi connectivity index (χ4n) is 3.28. The molecule has 7 nitrogen and oxygen atoms in total. The van der Waals surface area contributed by atoms with Crippen LogP contribution in [0.1, 0.15) is 33.2 Å². The second kappa shape index (κ2) is 7.35. The fraction of sp³-hybridized carbons (Fsp3) is 0.100. The van der Waals surface area contributed by atoms with Crippen molar-refractivity contribution in [3.8, 4) is 11.5 Å². The maximum Gasteiger partial charge on any atom is 0.358 e. The zero-order chi connectivity index (χ0) is 20.7. The molecule has 1 aromatic heterocycles. The van der Waals surface area contributed by atoms with E-state index in [1.54, 1.807) is 12.1 Å². The van der Waals surface area contributed by atoms with Crippen LogP contribution in [0, 0.1) is 0 Å². The number of ether oxygens (including phenoxy) is 1. The van der Waals surface area contributed by atoms with Crippen molar-refractivity contribution in [1.82, 2.24) is 4.68 Å². The van der Waals surface area contributed by atoms with Gasteiger partial charge in [-0.3, -0.25) is 9.47 Å². The van der Waals surface area contributed by atoms with Crippen LogP contribution < -0.4 is 15.6 Å². The van der Waals surface area contributed by atoms with Gasteiger partial charge in [0.1, 0.15) is 12.4 Å². The van der Waals surface area contributed by atoms with Crippen LogP contribution in [-0.4, -0.2) is 20.9 Å². The maximum absolute atomic E-state index is 11.7. The first-order chi connectivity index (χ1) is 13.9. The summed E-state index contributed by atoms with van der Waals surface area (Å²) in [6, 6.07) is 11.2. The van der Waals surface area contributed by atoms with E-state index in [9.17, 15) is 19.8 Å². The normalized spacial score (nSPS) is 14.9. The minimum atomic E-state index is -1.46. The quantitative estimate of drug-likeness (QED) is 0.581. The molecule has 9 heteroatoms. The van der Waals surface area contributed by atoms with Crippen LogP contribution in [0.3, 0.4) is 0 Å². The Labute approximate surface area is 174 Å². The second-order valence-corrected chi connectivity index (χ2v) is 7.22. The van der Waals surface area contributed by atoms with Crippen LogP contribution in [0.2, 0.25) is 10.0 Å². The van der Waals surface area contributed by atoms with Crippen molar-refractivity contribution in [2.45, 2.75) is 12.6 Å². The first-order valence-electron chi connectivity index (χ1n) is 8.51. The fourth-order valence-corrected chi connectivity index (χ4v) is 3.61. The Morgan fingerprint density at radius 1 is 1.14 bits per heavy atom. The van der Waals surface area contributed by atoms with E-state index in [2.05, 4.69) is 5.43 Å². The van der Waals surface area contributed by atoms with Crippen molar-refractivity contribution in [1.29, 1.82) is 0 Å². The lowest BCUT2D eigenvalue weighted by Gasteiger charge is -2.25. The van der Waals surface area contributed by atoms with E-state index in [1.807, 2.05) is 24.3 Å². The number of aromatic nitrogens is 1. The molecule has 0 bridgehead atoms. The van der Waals surface area contributed by atoms with Crippen LogP contribution in [0.4, 0.5) is 0 Å². The highest BCUT2D eigenvalue weighted by Crippen LogP contribution is 2.40. The Balaban J connectivity index is 1.92. The summed E-state index contributed by atoms with van der Waals surface area (Å²) < 4.78 is 6.99. The summed E-state index contributed by atoms with van der Waals surface area (Å²) in [6.07, 6.45) is 1.25. The predicted molar refractivity (Wildman–Crippen MR) is 108 cm³/mol. The van der Waals surface area contributed by atoms with Crippen molar-refractivity contribution < 1.29 is 19.7 Å². The van der Waals surface area contributed by atoms with Crippen LogP contribution in [0.15, 0.2) is 53.5 Å². The molecule has 2 heterocycles. The highest BCUT2D eigenvalue weighted by molar-refractivity contribution is 6.42. The number of aromatic carboxylic acids is 1.